The fourth-order valence-electron chi connectivity index (χ4n) is 2.24. The normalized spacial score (nSPS) is 18.5. The molecule has 1 fully saturated rings. The van der Waals surface area contributed by atoms with E-state index in [2.05, 4.69) is 11.9 Å². The van der Waals surface area contributed by atoms with Gasteiger partial charge in [0, 0.05) is 37.2 Å². The molecule has 1 N–H and O–H groups in total. The topological polar surface area (TPSA) is 49.4 Å². The Balaban J connectivity index is 2.28. The highest BCUT2D eigenvalue weighted by Crippen LogP contribution is 2.29. The van der Waals surface area contributed by atoms with Gasteiger partial charge in [-0.2, -0.15) is 0 Å². The molecule has 1 aromatic carbocycles. The molecule has 0 spiro atoms. The fraction of sp³-hybridized carbons (Fsp3) is 0.333. The third-order valence-corrected chi connectivity index (χ3v) is 3.33. The van der Waals surface area contributed by atoms with Crippen molar-refractivity contribution in [2.24, 2.45) is 5.92 Å². The highest BCUT2D eigenvalue weighted by atomic mass is 16.2. The SMILES string of the molecule is C=CC1CC(=O)N(c2ccc(C)c(NC(C)=O)c2)C1. The molecule has 0 radical (unpaired) electrons. The van der Waals surface area contributed by atoms with Crippen molar-refractivity contribution in [2.75, 3.05) is 16.8 Å². The van der Waals surface area contributed by atoms with Gasteiger partial charge in [-0.25, -0.2) is 0 Å². The molecular formula is C15H18N2O2. The van der Waals surface area contributed by atoms with E-state index in [-0.39, 0.29) is 17.7 Å². The number of carbonyl (C=O) groups is 2. The number of rotatable bonds is 3. The molecule has 1 saturated heterocycles. The molecule has 100 valence electrons. The van der Waals surface area contributed by atoms with Gasteiger partial charge in [0.2, 0.25) is 11.8 Å². The Morgan fingerprint density at radius 2 is 2.26 bits per heavy atom. The Bertz CT molecular complexity index is 537. The van der Waals surface area contributed by atoms with E-state index < -0.39 is 0 Å². The van der Waals surface area contributed by atoms with Gasteiger partial charge in [-0.1, -0.05) is 12.1 Å². The summed E-state index contributed by atoms with van der Waals surface area (Å²) in [5.74, 6) is 0.192. The molecule has 19 heavy (non-hydrogen) atoms. The average molecular weight is 258 g/mol. The predicted molar refractivity (Wildman–Crippen MR) is 76.1 cm³/mol. The van der Waals surface area contributed by atoms with Crippen LogP contribution >= 0.6 is 0 Å². The second kappa shape index (κ2) is 5.26. The van der Waals surface area contributed by atoms with Crippen molar-refractivity contribution in [1.29, 1.82) is 0 Å². The summed E-state index contributed by atoms with van der Waals surface area (Å²) < 4.78 is 0. The molecule has 2 amide bonds. The third-order valence-electron chi connectivity index (χ3n) is 3.33. The minimum Gasteiger partial charge on any atom is -0.326 e. The number of aryl methyl sites for hydroxylation is 1. The number of hydrogen-bond donors (Lipinski definition) is 1. The van der Waals surface area contributed by atoms with Crippen molar-refractivity contribution >= 4 is 23.2 Å². The Kier molecular flexibility index (Phi) is 3.69. The summed E-state index contributed by atoms with van der Waals surface area (Å²) in [6, 6.07) is 5.67. The zero-order valence-electron chi connectivity index (χ0n) is 11.3. The van der Waals surface area contributed by atoms with E-state index in [0.717, 1.165) is 16.9 Å². The first-order chi connectivity index (χ1) is 9.01. The second-order valence-electron chi connectivity index (χ2n) is 4.88. The van der Waals surface area contributed by atoms with Gasteiger partial charge < -0.3 is 10.2 Å². The van der Waals surface area contributed by atoms with Gasteiger partial charge in [0.25, 0.3) is 0 Å². The van der Waals surface area contributed by atoms with E-state index in [0.29, 0.717) is 13.0 Å². The summed E-state index contributed by atoms with van der Waals surface area (Å²) in [5, 5.41) is 2.78. The maximum Gasteiger partial charge on any atom is 0.227 e. The molecule has 1 aliphatic rings. The zero-order valence-corrected chi connectivity index (χ0v) is 11.3. The number of carbonyl (C=O) groups excluding carboxylic acids is 2. The van der Waals surface area contributed by atoms with Crippen LogP contribution in [0, 0.1) is 12.8 Å². The smallest absolute Gasteiger partial charge is 0.227 e. The van der Waals surface area contributed by atoms with Crippen LogP contribution in [0.1, 0.15) is 18.9 Å². The second-order valence-corrected chi connectivity index (χ2v) is 4.88. The Morgan fingerprint density at radius 3 is 2.84 bits per heavy atom. The molecule has 0 saturated carbocycles. The summed E-state index contributed by atoms with van der Waals surface area (Å²) in [6.45, 7) is 7.80. The summed E-state index contributed by atoms with van der Waals surface area (Å²) in [6.07, 6.45) is 2.33. The third kappa shape index (κ3) is 2.84. The average Bonchev–Trinajstić information content (AvgIpc) is 2.73. The van der Waals surface area contributed by atoms with Crippen molar-refractivity contribution in [2.45, 2.75) is 20.3 Å². The van der Waals surface area contributed by atoms with Crippen LogP contribution in [0.15, 0.2) is 30.9 Å². The minimum absolute atomic E-state index is 0.0996. The van der Waals surface area contributed by atoms with E-state index in [1.807, 2.05) is 31.2 Å². The maximum atomic E-state index is 12.0. The number of nitrogens with zero attached hydrogens (tertiary/aromatic N) is 1. The number of hydrogen-bond acceptors (Lipinski definition) is 2. The molecule has 0 bridgehead atoms. The van der Waals surface area contributed by atoms with Gasteiger partial charge in [0.15, 0.2) is 0 Å². The number of anilines is 2. The van der Waals surface area contributed by atoms with Gasteiger partial charge in [-0.15, -0.1) is 6.58 Å². The van der Waals surface area contributed by atoms with Crippen LogP contribution in [0.3, 0.4) is 0 Å². The number of nitrogens with one attached hydrogen (secondary N) is 1. The van der Waals surface area contributed by atoms with E-state index >= 15 is 0 Å². The molecule has 1 aromatic rings. The van der Waals surface area contributed by atoms with Crippen LogP contribution in [0.2, 0.25) is 0 Å². The Morgan fingerprint density at radius 1 is 1.53 bits per heavy atom. The van der Waals surface area contributed by atoms with E-state index in [9.17, 15) is 9.59 Å². The summed E-state index contributed by atoms with van der Waals surface area (Å²) in [7, 11) is 0. The molecule has 4 nitrogen and oxygen atoms in total. The summed E-state index contributed by atoms with van der Waals surface area (Å²) in [5.41, 5.74) is 2.55. The summed E-state index contributed by atoms with van der Waals surface area (Å²) in [4.78, 5) is 24.9. The molecule has 0 aromatic heterocycles. The highest BCUT2D eigenvalue weighted by molar-refractivity contribution is 5.97. The van der Waals surface area contributed by atoms with Crippen molar-refractivity contribution in [3.63, 3.8) is 0 Å². The first kappa shape index (κ1) is 13.3. The zero-order chi connectivity index (χ0) is 14.0. The highest BCUT2D eigenvalue weighted by Gasteiger charge is 2.28. The van der Waals surface area contributed by atoms with E-state index in [1.54, 1.807) is 4.90 Å². The molecule has 2 rings (SSSR count). The molecule has 1 atom stereocenters. The van der Waals surface area contributed by atoms with Crippen LogP contribution in [-0.4, -0.2) is 18.4 Å². The first-order valence-corrected chi connectivity index (χ1v) is 6.32. The molecule has 1 aliphatic heterocycles. The van der Waals surface area contributed by atoms with Crippen molar-refractivity contribution in [3.05, 3.63) is 36.4 Å². The largest absolute Gasteiger partial charge is 0.326 e. The Hall–Kier alpha value is -2.10. The summed E-state index contributed by atoms with van der Waals surface area (Å²) >= 11 is 0. The van der Waals surface area contributed by atoms with Gasteiger partial charge in [0.1, 0.15) is 0 Å². The standard InChI is InChI=1S/C15H18N2O2/c1-4-12-7-15(19)17(9-12)13-6-5-10(2)14(8-13)16-11(3)18/h4-6,8,12H,1,7,9H2,2-3H3,(H,16,18). The molecular weight excluding hydrogens is 240 g/mol. The minimum atomic E-state index is -0.114. The van der Waals surface area contributed by atoms with Crippen molar-refractivity contribution in [3.8, 4) is 0 Å². The van der Waals surface area contributed by atoms with E-state index in [4.69, 9.17) is 0 Å². The molecule has 1 heterocycles. The van der Waals surface area contributed by atoms with Gasteiger partial charge >= 0.3 is 0 Å². The molecule has 0 aliphatic carbocycles. The van der Waals surface area contributed by atoms with Crippen LogP contribution in [0.25, 0.3) is 0 Å². The monoisotopic (exact) mass is 258 g/mol. The predicted octanol–water partition coefficient (Wildman–Crippen LogP) is 2.49. The first-order valence-electron chi connectivity index (χ1n) is 6.32. The van der Waals surface area contributed by atoms with Gasteiger partial charge in [-0.05, 0) is 24.6 Å². The lowest BCUT2D eigenvalue weighted by Crippen LogP contribution is -2.24. The van der Waals surface area contributed by atoms with Crippen LogP contribution in [0.5, 0.6) is 0 Å². The van der Waals surface area contributed by atoms with Gasteiger partial charge in [0.05, 0.1) is 0 Å². The lowest BCUT2D eigenvalue weighted by Gasteiger charge is -2.18. The van der Waals surface area contributed by atoms with E-state index in [1.165, 1.54) is 6.92 Å². The fourth-order valence-corrected chi connectivity index (χ4v) is 2.24. The van der Waals surface area contributed by atoms with Gasteiger partial charge in [-0.3, -0.25) is 9.59 Å². The Labute approximate surface area is 113 Å². The quantitative estimate of drug-likeness (QED) is 0.847. The van der Waals surface area contributed by atoms with Crippen molar-refractivity contribution < 1.29 is 9.59 Å². The molecule has 4 heteroatoms. The van der Waals surface area contributed by atoms with Crippen LogP contribution in [-0.2, 0) is 9.59 Å². The molecule has 1 unspecified atom stereocenters. The number of amides is 2. The lowest BCUT2D eigenvalue weighted by molar-refractivity contribution is -0.117. The maximum absolute atomic E-state index is 12.0. The van der Waals surface area contributed by atoms with Crippen LogP contribution < -0.4 is 10.2 Å². The lowest BCUT2D eigenvalue weighted by atomic mass is 10.1. The van der Waals surface area contributed by atoms with Crippen LogP contribution in [0.4, 0.5) is 11.4 Å². The number of benzene rings is 1. The van der Waals surface area contributed by atoms with Crippen molar-refractivity contribution in [1.82, 2.24) is 0 Å².